The summed E-state index contributed by atoms with van der Waals surface area (Å²) in [5.41, 5.74) is 0.297. The minimum Gasteiger partial charge on any atom is -0.497 e. The van der Waals surface area contributed by atoms with Crippen LogP contribution in [0.2, 0.25) is 0 Å². The lowest BCUT2D eigenvalue weighted by Crippen LogP contribution is -2.25. The lowest BCUT2D eigenvalue weighted by molar-refractivity contribution is -0.128. The number of benzene rings is 1. The molecular weight excluding hydrogens is 192 g/mol. The van der Waals surface area contributed by atoms with Gasteiger partial charge >= 0.3 is 0 Å². The summed E-state index contributed by atoms with van der Waals surface area (Å²) in [6.07, 6.45) is 0.802. The minimum atomic E-state index is -0.722. The third kappa shape index (κ3) is 3.72. The highest BCUT2D eigenvalue weighted by molar-refractivity contribution is 5.60. The van der Waals surface area contributed by atoms with Crippen molar-refractivity contribution in [1.29, 1.82) is 0 Å². The van der Waals surface area contributed by atoms with Gasteiger partial charge in [-0.2, -0.15) is 0 Å². The molecule has 82 valence electrons. The summed E-state index contributed by atoms with van der Waals surface area (Å²) in [5, 5.41) is 0. The Balaban J connectivity index is 2.54. The Morgan fingerprint density at radius 2 is 1.87 bits per heavy atom. The van der Waals surface area contributed by atoms with Crippen molar-refractivity contribution >= 4 is 6.29 Å². The van der Waals surface area contributed by atoms with Gasteiger partial charge in [0, 0.05) is 0 Å². The van der Waals surface area contributed by atoms with E-state index in [0.29, 0.717) is 6.61 Å². The van der Waals surface area contributed by atoms with E-state index in [9.17, 15) is 4.79 Å². The van der Waals surface area contributed by atoms with E-state index in [1.807, 2.05) is 24.3 Å². The Hall–Kier alpha value is -1.35. The molecule has 0 heterocycles. The Morgan fingerprint density at radius 3 is 2.33 bits per heavy atom. The summed E-state index contributed by atoms with van der Waals surface area (Å²) in [7, 11) is 1.63. The van der Waals surface area contributed by atoms with Gasteiger partial charge in [-0.25, -0.2) is 0 Å². The van der Waals surface area contributed by atoms with E-state index in [4.69, 9.17) is 9.47 Å². The van der Waals surface area contributed by atoms with Crippen molar-refractivity contribution in [1.82, 2.24) is 0 Å². The van der Waals surface area contributed by atoms with Gasteiger partial charge in [0.2, 0.25) is 0 Å². The van der Waals surface area contributed by atoms with Crippen molar-refractivity contribution in [2.75, 3.05) is 7.11 Å². The van der Waals surface area contributed by atoms with Crippen LogP contribution in [0, 0.1) is 0 Å². The van der Waals surface area contributed by atoms with E-state index in [1.165, 1.54) is 0 Å². The molecule has 0 bridgehead atoms. The topological polar surface area (TPSA) is 35.5 Å². The zero-order valence-corrected chi connectivity index (χ0v) is 9.32. The number of aldehydes is 1. The molecule has 1 rings (SSSR count). The first kappa shape index (κ1) is 11.7. The molecule has 1 aromatic carbocycles. The molecule has 1 aromatic rings. The fourth-order valence-electron chi connectivity index (χ4n) is 1.03. The number of methoxy groups -OCH3 is 1. The number of hydrogen-bond acceptors (Lipinski definition) is 3. The quantitative estimate of drug-likeness (QED) is 0.696. The first-order chi connectivity index (χ1) is 7.07. The third-order valence-corrected chi connectivity index (χ3v) is 2.05. The predicted molar refractivity (Wildman–Crippen MR) is 57.9 cm³/mol. The molecule has 0 aliphatic carbocycles. The average Bonchev–Trinajstić information content (AvgIpc) is 2.27. The smallest absolute Gasteiger partial charge is 0.151 e. The van der Waals surface area contributed by atoms with Crippen molar-refractivity contribution in [3.8, 4) is 5.75 Å². The molecule has 0 aliphatic rings. The number of carbonyl (C=O) groups is 1. The van der Waals surface area contributed by atoms with Gasteiger partial charge in [-0.15, -0.1) is 0 Å². The minimum absolute atomic E-state index is 0.426. The van der Waals surface area contributed by atoms with Crippen LogP contribution in [-0.2, 0) is 16.1 Å². The van der Waals surface area contributed by atoms with Crippen LogP contribution in [0.5, 0.6) is 5.75 Å². The van der Waals surface area contributed by atoms with Crippen LogP contribution in [-0.4, -0.2) is 19.0 Å². The molecule has 0 amide bonds. The van der Waals surface area contributed by atoms with Gasteiger partial charge < -0.3 is 14.3 Å². The largest absolute Gasteiger partial charge is 0.497 e. The Morgan fingerprint density at radius 1 is 1.27 bits per heavy atom. The summed E-state index contributed by atoms with van der Waals surface area (Å²) in [6.45, 7) is 3.91. The number of hydrogen-bond donors (Lipinski definition) is 0. The van der Waals surface area contributed by atoms with Crippen molar-refractivity contribution in [2.24, 2.45) is 0 Å². The van der Waals surface area contributed by atoms with E-state index in [1.54, 1.807) is 21.0 Å². The van der Waals surface area contributed by atoms with Crippen molar-refractivity contribution in [3.05, 3.63) is 29.8 Å². The molecule has 15 heavy (non-hydrogen) atoms. The molecule has 0 saturated heterocycles. The molecule has 0 unspecified atom stereocenters. The highest BCUT2D eigenvalue weighted by Gasteiger charge is 2.16. The second-order valence-electron chi connectivity index (χ2n) is 3.86. The fourth-order valence-corrected chi connectivity index (χ4v) is 1.03. The second-order valence-corrected chi connectivity index (χ2v) is 3.86. The summed E-state index contributed by atoms with van der Waals surface area (Å²) in [6, 6.07) is 7.57. The predicted octanol–water partition coefficient (Wildman–Crippen LogP) is 2.19. The number of ether oxygens (including phenoxy) is 2. The van der Waals surface area contributed by atoms with Gasteiger partial charge in [0.1, 0.15) is 11.4 Å². The van der Waals surface area contributed by atoms with Crippen LogP contribution in [0.25, 0.3) is 0 Å². The Labute approximate surface area is 90.0 Å². The lowest BCUT2D eigenvalue weighted by atomic mass is 10.1. The molecule has 0 N–H and O–H groups in total. The normalized spacial score (nSPS) is 11.1. The van der Waals surface area contributed by atoms with Crippen molar-refractivity contribution in [2.45, 2.75) is 26.1 Å². The van der Waals surface area contributed by atoms with Gasteiger partial charge in [0.15, 0.2) is 6.29 Å². The molecule has 3 nitrogen and oxygen atoms in total. The maximum Gasteiger partial charge on any atom is 0.151 e. The van der Waals surface area contributed by atoms with Gasteiger partial charge in [-0.05, 0) is 31.5 Å². The zero-order chi connectivity index (χ0) is 11.3. The zero-order valence-electron chi connectivity index (χ0n) is 9.32. The number of carbonyl (C=O) groups excluding carboxylic acids is 1. The molecule has 0 fully saturated rings. The van der Waals surface area contributed by atoms with Crippen LogP contribution >= 0.6 is 0 Å². The Bertz CT molecular complexity index is 314. The SMILES string of the molecule is COc1ccc(COC(C)(C)C=O)cc1. The molecule has 0 aromatic heterocycles. The monoisotopic (exact) mass is 208 g/mol. The van der Waals surface area contributed by atoms with E-state index < -0.39 is 5.60 Å². The maximum absolute atomic E-state index is 10.6. The van der Waals surface area contributed by atoms with E-state index in [2.05, 4.69) is 0 Å². The highest BCUT2D eigenvalue weighted by Crippen LogP contribution is 2.14. The van der Waals surface area contributed by atoms with Crippen LogP contribution in [0.3, 0.4) is 0 Å². The first-order valence-corrected chi connectivity index (χ1v) is 4.80. The van der Waals surface area contributed by atoms with E-state index in [-0.39, 0.29) is 0 Å². The standard InChI is InChI=1S/C12H16O3/c1-12(2,9-13)15-8-10-4-6-11(14-3)7-5-10/h4-7,9H,8H2,1-3H3. The third-order valence-electron chi connectivity index (χ3n) is 2.05. The van der Waals surface area contributed by atoms with E-state index in [0.717, 1.165) is 17.6 Å². The fraction of sp³-hybridized carbons (Fsp3) is 0.417. The van der Waals surface area contributed by atoms with Crippen molar-refractivity contribution < 1.29 is 14.3 Å². The molecule has 0 aliphatic heterocycles. The van der Waals surface area contributed by atoms with Gasteiger partial charge in [0.25, 0.3) is 0 Å². The molecule has 0 spiro atoms. The maximum atomic E-state index is 10.6. The van der Waals surface area contributed by atoms with Crippen LogP contribution in [0.4, 0.5) is 0 Å². The van der Waals surface area contributed by atoms with Gasteiger partial charge in [-0.3, -0.25) is 0 Å². The summed E-state index contributed by atoms with van der Waals surface area (Å²) in [4.78, 5) is 10.6. The Kier molecular flexibility index (Phi) is 3.86. The molecule has 3 heteroatoms. The summed E-state index contributed by atoms with van der Waals surface area (Å²) in [5.74, 6) is 0.813. The molecular formula is C12H16O3. The van der Waals surface area contributed by atoms with Gasteiger partial charge in [0.05, 0.1) is 13.7 Å². The first-order valence-electron chi connectivity index (χ1n) is 4.80. The summed E-state index contributed by atoms with van der Waals surface area (Å²) < 4.78 is 10.5. The molecule has 0 atom stereocenters. The van der Waals surface area contributed by atoms with Crippen molar-refractivity contribution in [3.63, 3.8) is 0 Å². The molecule has 0 saturated carbocycles. The number of rotatable bonds is 5. The van der Waals surface area contributed by atoms with Crippen LogP contribution in [0.1, 0.15) is 19.4 Å². The summed E-state index contributed by atoms with van der Waals surface area (Å²) >= 11 is 0. The average molecular weight is 208 g/mol. The van der Waals surface area contributed by atoms with Crippen LogP contribution < -0.4 is 4.74 Å². The highest BCUT2D eigenvalue weighted by atomic mass is 16.5. The molecule has 0 radical (unpaired) electrons. The second kappa shape index (κ2) is 4.94. The van der Waals surface area contributed by atoms with Crippen LogP contribution in [0.15, 0.2) is 24.3 Å². The lowest BCUT2D eigenvalue weighted by Gasteiger charge is -2.17. The van der Waals surface area contributed by atoms with E-state index >= 15 is 0 Å². The van der Waals surface area contributed by atoms with Gasteiger partial charge in [-0.1, -0.05) is 12.1 Å².